The van der Waals surface area contributed by atoms with E-state index in [1.165, 1.54) is 6.07 Å². The van der Waals surface area contributed by atoms with Gasteiger partial charge in [0.15, 0.2) is 17.5 Å². The highest BCUT2D eigenvalue weighted by atomic mass is 19.4. The second kappa shape index (κ2) is 11.9. The highest BCUT2D eigenvalue weighted by Gasteiger charge is 2.30. The van der Waals surface area contributed by atoms with Gasteiger partial charge >= 0.3 is 6.18 Å². The second-order valence-electron chi connectivity index (χ2n) is 6.52. The van der Waals surface area contributed by atoms with E-state index in [1.54, 1.807) is 14.2 Å². The summed E-state index contributed by atoms with van der Waals surface area (Å²) in [5, 5.41) is 9.41. The monoisotopic (exact) mass is 439 g/mol. The van der Waals surface area contributed by atoms with Crippen LogP contribution >= 0.6 is 0 Å². The van der Waals surface area contributed by atoms with E-state index in [-0.39, 0.29) is 0 Å². The van der Waals surface area contributed by atoms with Gasteiger partial charge in [0.05, 0.1) is 26.3 Å². The third-order valence-corrected chi connectivity index (χ3v) is 4.25. The maximum Gasteiger partial charge on any atom is 0.417 e. The van der Waals surface area contributed by atoms with E-state index in [0.717, 1.165) is 24.2 Å². The lowest BCUT2D eigenvalue weighted by atomic mass is 10.2. The predicted molar refractivity (Wildman–Crippen MR) is 115 cm³/mol. The largest absolute Gasteiger partial charge is 0.493 e. The standard InChI is InChI=1S/C21H28F3N5O2/c1-4-25-20(29-13-15-6-8-17(30-2)18(12-15)31-3)27-11-5-10-26-19-9-7-16(14-28-19)21(22,23)24/h6-9,12,14H,4-5,10-11,13H2,1-3H3,(H,26,28)(H2,25,27,29). The van der Waals surface area contributed by atoms with Gasteiger partial charge in [-0.15, -0.1) is 0 Å². The third-order valence-electron chi connectivity index (χ3n) is 4.25. The first kappa shape index (κ1) is 24.1. The van der Waals surface area contributed by atoms with Gasteiger partial charge in [-0.05, 0) is 43.2 Å². The lowest BCUT2D eigenvalue weighted by molar-refractivity contribution is -0.137. The lowest BCUT2D eigenvalue weighted by Crippen LogP contribution is -2.38. The average molecular weight is 439 g/mol. The summed E-state index contributed by atoms with van der Waals surface area (Å²) in [6, 6.07) is 7.98. The van der Waals surface area contributed by atoms with Crippen LogP contribution in [0, 0.1) is 0 Å². The van der Waals surface area contributed by atoms with Gasteiger partial charge in [-0.25, -0.2) is 9.98 Å². The Morgan fingerprint density at radius 2 is 1.81 bits per heavy atom. The van der Waals surface area contributed by atoms with Crippen LogP contribution in [-0.2, 0) is 12.7 Å². The molecule has 10 heteroatoms. The van der Waals surface area contributed by atoms with Crippen LogP contribution in [0.4, 0.5) is 19.0 Å². The second-order valence-corrected chi connectivity index (χ2v) is 6.52. The van der Waals surface area contributed by atoms with Crippen molar-refractivity contribution in [3.8, 4) is 11.5 Å². The first-order valence-corrected chi connectivity index (χ1v) is 9.87. The highest BCUT2D eigenvalue weighted by Crippen LogP contribution is 2.29. The third kappa shape index (κ3) is 7.88. The molecular formula is C21H28F3N5O2. The van der Waals surface area contributed by atoms with Gasteiger partial charge in [-0.2, -0.15) is 13.2 Å². The first-order chi connectivity index (χ1) is 14.9. The summed E-state index contributed by atoms with van der Waals surface area (Å²) in [5.41, 5.74) is 0.214. The molecule has 0 atom stereocenters. The Balaban J connectivity index is 1.80. The Labute approximate surface area is 180 Å². The fraction of sp³-hybridized carbons (Fsp3) is 0.429. The summed E-state index contributed by atoms with van der Waals surface area (Å²) in [7, 11) is 3.18. The van der Waals surface area contributed by atoms with E-state index >= 15 is 0 Å². The zero-order valence-corrected chi connectivity index (χ0v) is 17.8. The molecule has 0 radical (unpaired) electrons. The maximum atomic E-state index is 12.6. The van der Waals surface area contributed by atoms with Crippen molar-refractivity contribution in [2.24, 2.45) is 4.99 Å². The molecule has 0 saturated carbocycles. The molecule has 0 aliphatic rings. The SMILES string of the molecule is CCNC(=NCc1ccc(OC)c(OC)c1)NCCCNc1ccc(C(F)(F)F)cn1. The molecule has 0 amide bonds. The number of hydrogen-bond donors (Lipinski definition) is 3. The summed E-state index contributed by atoms with van der Waals surface area (Å²) >= 11 is 0. The Kier molecular flexibility index (Phi) is 9.23. The van der Waals surface area contributed by atoms with Gasteiger partial charge in [0, 0.05) is 25.8 Å². The van der Waals surface area contributed by atoms with E-state index in [0.29, 0.717) is 49.5 Å². The molecular weight excluding hydrogens is 411 g/mol. The molecule has 0 bridgehead atoms. The van der Waals surface area contributed by atoms with E-state index in [1.807, 2.05) is 25.1 Å². The number of aliphatic imine (C=N–C) groups is 1. The minimum atomic E-state index is -4.38. The van der Waals surface area contributed by atoms with Crippen LogP contribution in [0.3, 0.4) is 0 Å². The van der Waals surface area contributed by atoms with E-state index in [2.05, 4.69) is 25.9 Å². The van der Waals surface area contributed by atoms with Crippen molar-refractivity contribution in [2.45, 2.75) is 26.1 Å². The molecule has 0 aliphatic carbocycles. The molecule has 31 heavy (non-hydrogen) atoms. The molecule has 0 aliphatic heterocycles. The van der Waals surface area contributed by atoms with Crippen LogP contribution in [0.15, 0.2) is 41.5 Å². The van der Waals surface area contributed by atoms with E-state index < -0.39 is 11.7 Å². The molecule has 170 valence electrons. The summed E-state index contributed by atoms with van der Waals surface area (Å²) in [5.74, 6) is 2.39. The van der Waals surface area contributed by atoms with Gasteiger partial charge in [0.2, 0.25) is 0 Å². The van der Waals surface area contributed by atoms with Crippen molar-refractivity contribution in [1.29, 1.82) is 0 Å². The van der Waals surface area contributed by atoms with Crippen molar-refractivity contribution in [3.05, 3.63) is 47.7 Å². The minimum Gasteiger partial charge on any atom is -0.493 e. The number of ether oxygens (including phenoxy) is 2. The van der Waals surface area contributed by atoms with Gasteiger partial charge in [-0.1, -0.05) is 6.07 Å². The van der Waals surface area contributed by atoms with E-state index in [9.17, 15) is 13.2 Å². The summed E-state index contributed by atoms with van der Waals surface area (Å²) in [4.78, 5) is 8.35. The zero-order valence-electron chi connectivity index (χ0n) is 17.8. The number of pyridine rings is 1. The number of nitrogens with zero attached hydrogens (tertiary/aromatic N) is 2. The van der Waals surface area contributed by atoms with Crippen molar-refractivity contribution in [1.82, 2.24) is 15.6 Å². The van der Waals surface area contributed by atoms with Crippen LogP contribution in [0.25, 0.3) is 0 Å². The number of halogens is 3. The number of anilines is 1. The molecule has 2 rings (SSSR count). The fourth-order valence-corrected chi connectivity index (χ4v) is 2.67. The van der Waals surface area contributed by atoms with Crippen LogP contribution < -0.4 is 25.4 Å². The van der Waals surface area contributed by atoms with Crippen LogP contribution in [0.5, 0.6) is 11.5 Å². The Morgan fingerprint density at radius 3 is 2.42 bits per heavy atom. The molecule has 7 nitrogen and oxygen atoms in total. The topological polar surface area (TPSA) is 79.8 Å². The summed E-state index contributed by atoms with van der Waals surface area (Å²) in [6.45, 7) is 4.34. The lowest BCUT2D eigenvalue weighted by Gasteiger charge is -2.13. The van der Waals surface area contributed by atoms with Crippen molar-refractivity contribution < 1.29 is 22.6 Å². The number of hydrogen-bond acceptors (Lipinski definition) is 5. The van der Waals surface area contributed by atoms with Gasteiger partial charge < -0.3 is 25.4 Å². The van der Waals surface area contributed by atoms with Crippen molar-refractivity contribution >= 4 is 11.8 Å². The number of rotatable bonds is 10. The van der Waals surface area contributed by atoms with Crippen molar-refractivity contribution in [3.63, 3.8) is 0 Å². The maximum absolute atomic E-state index is 12.6. The number of aromatic nitrogens is 1. The van der Waals surface area contributed by atoms with E-state index in [4.69, 9.17) is 9.47 Å². The van der Waals surface area contributed by atoms with Gasteiger partial charge in [-0.3, -0.25) is 0 Å². The zero-order chi connectivity index (χ0) is 22.7. The number of nitrogens with one attached hydrogen (secondary N) is 3. The van der Waals surface area contributed by atoms with Gasteiger partial charge in [0.1, 0.15) is 5.82 Å². The summed E-state index contributed by atoms with van der Waals surface area (Å²) in [6.07, 6.45) is -2.83. The van der Waals surface area contributed by atoms with Gasteiger partial charge in [0.25, 0.3) is 0 Å². The molecule has 1 aromatic heterocycles. The normalized spacial score (nSPS) is 11.7. The van der Waals surface area contributed by atoms with Crippen LogP contribution in [0.2, 0.25) is 0 Å². The molecule has 1 aromatic carbocycles. The van der Waals surface area contributed by atoms with Crippen LogP contribution in [0.1, 0.15) is 24.5 Å². The summed E-state index contributed by atoms with van der Waals surface area (Å²) < 4.78 is 48.2. The smallest absolute Gasteiger partial charge is 0.417 e. The molecule has 1 heterocycles. The molecule has 0 fully saturated rings. The quantitative estimate of drug-likeness (QED) is 0.298. The minimum absolute atomic E-state index is 0.405. The Hall–Kier alpha value is -3.17. The van der Waals surface area contributed by atoms with Crippen molar-refractivity contribution in [2.75, 3.05) is 39.2 Å². The fourth-order valence-electron chi connectivity index (χ4n) is 2.67. The first-order valence-electron chi connectivity index (χ1n) is 9.87. The van der Waals surface area contributed by atoms with Crippen LogP contribution in [-0.4, -0.2) is 44.8 Å². The molecule has 3 N–H and O–H groups in total. The highest BCUT2D eigenvalue weighted by molar-refractivity contribution is 5.79. The Morgan fingerprint density at radius 1 is 1.03 bits per heavy atom. The number of alkyl halides is 3. The molecule has 0 saturated heterocycles. The molecule has 0 spiro atoms. The molecule has 0 unspecified atom stereocenters. The Bertz CT molecular complexity index is 842. The average Bonchev–Trinajstić information content (AvgIpc) is 2.76. The number of methoxy groups -OCH3 is 2. The predicted octanol–water partition coefficient (Wildman–Crippen LogP) is 3.67. The number of benzene rings is 1. The molecule has 2 aromatic rings. The number of guanidine groups is 1.